The number of nitrogens with one attached hydrogen (secondary N) is 1. The Bertz CT molecular complexity index is 999. The van der Waals surface area contributed by atoms with Crippen molar-refractivity contribution < 1.29 is 23.8 Å². The summed E-state index contributed by atoms with van der Waals surface area (Å²) in [6.07, 6.45) is 0.586. The lowest BCUT2D eigenvalue weighted by Gasteiger charge is -2.13. The summed E-state index contributed by atoms with van der Waals surface area (Å²) >= 11 is 0. The van der Waals surface area contributed by atoms with E-state index >= 15 is 0 Å². The van der Waals surface area contributed by atoms with E-state index in [0.29, 0.717) is 6.54 Å². The van der Waals surface area contributed by atoms with E-state index in [1.807, 2.05) is 42.5 Å². The average Bonchev–Trinajstić information content (AvgIpc) is 3.23. The number of hydrogen-bond donors (Lipinski definition) is 1. The lowest BCUT2D eigenvalue weighted by Crippen LogP contribution is -2.35. The molecule has 0 aliphatic rings. The van der Waals surface area contributed by atoms with Crippen LogP contribution in [-0.4, -0.2) is 42.0 Å². The van der Waals surface area contributed by atoms with Crippen LogP contribution in [0, 0.1) is 0 Å². The summed E-state index contributed by atoms with van der Waals surface area (Å²) in [7, 11) is 3.03. The van der Waals surface area contributed by atoms with E-state index in [0.717, 1.165) is 17.0 Å². The molecule has 0 aliphatic heterocycles. The molecule has 0 unspecified atom stereocenters. The molecule has 1 N–H and O–H groups in total. The number of esters is 1. The summed E-state index contributed by atoms with van der Waals surface area (Å²) in [5.74, 6) is -0.166. The number of carbonyl (C=O) groups is 2. The standard InChI is InChI=1S/C22H23N3O5/c1-15(21(26)23-13-16-9-11-18(28-2)12-10-16)30-22(27)20-19(29-3)14-25(24-20)17-7-5-4-6-8-17/h4-12,14-15H,13H2,1-3H3,(H,23,26)/t15-/m0/s1. The fourth-order valence-electron chi connectivity index (χ4n) is 2.71. The van der Waals surface area contributed by atoms with Gasteiger partial charge in [-0.05, 0) is 36.8 Å². The Hall–Kier alpha value is -3.81. The zero-order valence-corrected chi connectivity index (χ0v) is 17.0. The van der Waals surface area contributed by atoms with Gasteiger partial charge in [0.2, 0.25) is 5.69 Å². The molecule has 0 fully saturated rings. The molecule has 1 atom stereocenters. The van der Waals surface area contributed by atoms with Crippen molar-refractivity contribution in [1.29, 1.82) is 0 Å². The van der Waals surface area contributed by atoms with E-state index in [-0.39, 0.29) is 11.4 Å². The highest BCUT2D eigenvalue weighted by Gasteiger charge is 2.24. The van der Waals surface area contributed by atoms with Gasteiger partial charge in [-0.3, -0.25) is 4.79 Å². The summed E-state index contributed by atoms with van der Waals surface area (Å²) < 4.78 is 17.2. The molecule has 0 saturated carbocycles. The van der Waals surface area contributed by atoms with Crippen LogP contribution >= 0.6 is 0 Å². The monoisotopic (exact) mass is 409 g/mol. The Morgan fingerprint density at radius 2 is 1.73 bits per heavy atom. The molecule has 0 saturated heterocycles. The Balaban J connectivity index is 1.61. The van der Waals surface area contributed by atoms with Crippen LogP contribution < -0.4 is 14.8 Å². The van der Waals surface area contributed by atoms with Crippen LogP contribution in [0.5, 0.6) is 11.5 Å². The fourth-order valence-corrected chi connectivity index (χ4v) is 2.71. The molecule has 1 amide bonds. The van der Waals surface area contributed by atoms with Gasteiger partial charge in [-0.15, -0.1) is 0 Å². The van der Waals surface area contributed by atoms with E-state index in [4.69, 9.17) is 14.2 Å². The van der Waals surface area contributed by atoms with Gasteiger partial charge in [-0.25, -0.2) is 9.48 Å². The Kier molecular flexibility index (Phi) is 6.69. The normalized spacial score (nSPS) is 11.4. The maximum Gasteiger partial charge on any atom is 0.363 e. The van der Waals surface area contributed by atoms with Gasteiger partial charge < -0.3 is 19.5 Å². The molecule has 8 heteroatoms. The summed E-state index contributed by atoms with van der Waals surface area (Å²) in [5, 5.41) is 6.99. The number of aromatic nitrogens is 2. The summed E-state index contributed by atoms with van der Waals surface area (Å²) in [5.41, 5.74) is 1.65. The van der Waals surface area contributed by atoms with Crippen molar-refractivity contribution in [2.45, 2.75) is 19.6 Å². The number of methoxy groups -OCH3 is 2. The van der Waals surface area contributed by atoms with Crippen molar-refractivity contribution in [3.05, 3.63) is 72.1 Å². The predicted octanol–water partition coefficient (Wildman–Crippen LogP) is 2.75. The third-order valence-electron chi connectivity index (χ3n) is 4.39. The lowest BCUT2D eigenvalue weighted by atomic mass is 10.2. The minimum absolute atomic E-state index is 0.00356. The molecular formula is C22H23N3O5. The first-order chi connectivity index (χ1) is 14.5. The Morgan fingerprint density at radius 3 is 2.37 bits per heavy atom. The van der Waals surface area contributed by atoms with E-state index in [2.05, 4.69) is 10.4 Å². The number of nitrogens with zero attached hydrogens (tertiary/aromatic N) is 2. The number of ether oxygens (including phenoxy) is 3. The third kappa shape index (κ3) is 4.96. The minimum atomic E-state index is -0.998. The van der Waals surface area contributed by atoms with Crippen LogP contribution in [0.3, 0.4) is 0 Å². The number of carbonyl (C=O) groups excluding carboxylic acids is 2. The SMILES string of the molecule is COc1ccc(CNC(=O)[C@H](C)OC(=O)c2nn(-c3ccccc3)cc2OC)cc1. The van der Waals surface area contributed by atoms with E-state index in [1.165, 1.54) is 18.7 Å². The average molecular weight is 409 g/mol. The molecule has 30 heavy (non-hydrogen) atoms. The summed E-state index contributed by atoms with van der Waals surface area (Å²) in [6.45, 7) is 1.80. The lowest BCUT2D eigenvalue weighted by molar-refractivity contribution is -0.129. The zero-order valence-electron chi connectivity index (χ0n) is 17.0. The van der Waals surface area contributed by atoms with Crippen molar-refractivity contribution in [2.75, 3.05) is 14.2 Å². The molecule has 0 spiro atoms. The second-order valence-electron chi connectivity index (χ2n) is 6.44. The van der Waals surface area contributed by atoms with Crippen LogP contribution in [0.2, 0.25) is 0 Å². The maximum absolute atomic E-state index is 12.6. The molecule has 0 radical (unpaired) electrons. The fraction of sp³-hybridized carbons (Fsp3) is 0.227. The van der Waals surface area contributed by atoms with E-state index < -0.39 is 18.0 Å². The molecule has 3 aromatic rings. The van der Waals surface area contributed by atoms with Gasteiger partial charge >= 0.3 is 5.97 Å². The second-order valence-corrected chi connectivity index (χ2v) is 6.44. The molecule has 0 bridgehead atoms. The molecule has 2 aromatic carbocycles. The van der Waals surface area contributed by atoms with Crippen LogP contribution in [0.15, 0.2) is 60.8 Å². The molecule has 3 rings (SSSR count). The predicted molar refractivity (Wildman–Crippen MR) is 110 cm³/mol. The highest BCUT2D eigenvalue weighted by molar-refractivity contribution is 5.92. The Morgan fingerprint density at radius 1 is 1.03 bits per heavy atom. The van der Waals surface area contributed by atoms with Crippen LogP contribution in [0.4, 0.5) is 0 Å². The first-order valence-corrected chi connectivity index (χ1v) is 9.32. The number of hydrogen-bond acceptors (Lipinski definition) is 6. The van der Waals surface area contributed by atoms with E-state index in [1.54, 1.807) is 25.4 Å². The Labute approximate surface area is 174 Å². The number of para-hydroxylation sites is 1. The third-order valence-corrected chi connectivity index (χ3v) is 4.39. The van der Waals surface area contributed by atoms with Gasteiger partial charge in [0.05, 0.1) is 26.1 Å². The first kappa shape index (κ1) is 20.9. The van der Waals surface area contributed by atoms with Gasteiger partial charge in [0.1, 0.15) is 5.75 Å². The quantitative estimate of drug-likeness (QED) is 0.575. The van der Waals surface area contributed by atoms with Crippen LogP contribution in [0.1, 0.15) is 23.0 Å². The highest BCUT2D eigenvalue weighted by atomic mass is 16.6. The van der Waals surface area contributed by atoms with Crippen molar-refractivity contribution in [1.82, 2.24) is 15.1 Å². The van der Waals surface area contributed by atoms with Crippen molar-refractivity contribution in [3.8, 4) is 17.2 Å². The van der Waals surface area contributed by atoms with Crippen LogP contribution in [0.25, 0.3) is 5.69 Å². The van der Waals surface area contributed by atoms with Crippen molar-refractivity contribution >= 4 is 11.9 Å². The minimum Gasteiger partial charge on any atom is -0.497 e. The highest BCUT2D eigenvalue weighted by Crippen LogP contribution is 2.21. The van der Waals surface area contributed by atoms with Crippen molar-refractivity contribution in [2.24, 2.45) is 0 Å². The van der Waals surface area contributed by atoms with Crippen molar-refractivity contribution in [3.63, 3.8) is 0 Å². The zero-order chi connectivity index (χ0) is 21.5. The maximum atomic E-state index is 12.6. The number of amides is 1. The second kappa shape index (κ2) is 9.60. The van der Waals surface area contributed by atoms with Gasteiger partial charge in [-0.1, -0.05) is 30.3 Å². The van der Waals surface area contributed by atoms with Crippen LogP contribution in [-0.2, 0) is 16.1 Å². The molecule has 1 heterocycles. The number of rotatable bonds is 8. The summed E-state index contributed by atoms with van der Waals surface area (Å²) in [4.78, 5) is 24.9. The molecule has 8 nitrogen and oxygen atoms in total. The topological polar surface area (TPSA) is 91.7 Å². The summed E-state index contributed by atoms with van der Waals surface area (Å²) in [6, 6.07) is 16.6. The molecule has 1 aromatic heterocycles. The largest absolute Gasteiger partial charge is 0.497 e. The number of benzene rings is 2. The van der Waals surface area contributed by atoms with Gasteiger partial charge in [0, 0.05) is 6.54 Å². The molecular weight excluding hydrogens is 386 g/mol. The van der Waals surface area contributed by atoms with Gasteiger partial charge in [-0.2, -0.15) is 5.10 Å². The van der Waals surface area contributed by atoms with Gasteiger partial charge in [0.25, 0.3) is 5.91 Å². The first-order valence-electron chi connectivity index (χ1n) is 9.32. The molecule has 156 valence electrons. The smallest absolute Gasteiger partial charge is 0.363 e. The molecule has 0 aliphatic carbocycles. The van der Waals surface area contributed by atoms with E-state index in [9.17, 15) is 9.59 Å². The van der Waals surface area contributed by atoms with Gasteiger partial charge in [0.15, 0.2) is 11.9 Å².